The van der Waals surface area contributed by atoms with E-state index in [0.717, 1.165) is 18.4 Å². The molecule has 0 saturated heterocycles. The number of aromatic nitrogens is 1. The molecule has 106 valence electrons. The zero-order chi connectivity index (χ0) is 13.7. The standard InChI is InChI=1S/C14H21NO3S/c1-12-7-8-15-14(11-12)19(16,17)10-9-18-13-5-3-2-4-6-13/h7-8,11,13H,2-6,9-10H2,1H3. The van der Waals surface area contributed by atoms with Crippen molar-refractivity contribution < 1.29 is 13.2 Å². The van der Waals surface area contributed by atoms with E-state index in [-0.39, 0.29) is 23.5 Å². The van der Waals surface area contributed by atoms with E-state index in [1.165, 1.54) is 25.5 Å². The second-order valence-corrected chi connectivity index (χ2v) is 7.18. The van der Waals surface area contributed by atoms with Crippen molar-refractivity contribution in [2.75, 3.05) is 12.4 Å². The number of nitrogens with zero attached hydrogens (tertiary/aromatic N) is 1. The largest absolute Gasteiger partial charge is 0.377 e. The molecule has 4 nitrogen and oxygen atoms in total. The molecule has 1 fully saturated rings. The van der Waals surface area contributed by atoms with Gasteiger partial charge in [-0.05, 0) is 37.5 Å². The van der Waals surface area contributed by atoms with Gasteiger partial charge in [0, 0.05) is 6.20 Å². The van der Waals surface area contributed by atoms with Crippen molar-refractivity contribution in [1.82, 2.24) is 4.98 Å². The first-order chi connectivity index (χ1) is 9.08. The molecule has 1 aliphatic rings. The zero-order valence-corrected chi connectivity index (χ0v) is 12.2. The van der Waals surface area contributed by atoms with Crippen molar-refractivity contribution in [2.45, 2.75) is 50.2 Å². The van der Waals surface area contributed by atoms with Crippen LogP contribution in [0.1, 0.15) is 37.7 Å². The summed E-state index contributed by atoms with van der Waals surface area (Å²) >= 11 is 0. The van der Waals surface area contributed by atoms with Crippen molar-refractivity contribution in [2.24, 2.45) is 0 Å². The Balaban J connectivity index is 1.87. The molecule has 0 aromatic carbocycles. The molecule has 0 bridgehead atoms. The van der Waals surface area contributed by atoms with E-state index >= 15 is 0 Å². The van der Waals surface area contributed by atoms with Gasteiger partial charge in [-0.25, -0.2) is 13.4 Å². The summed E-state index contributed by atoms with van der Waals surface area (Å²) in [5, 5.41) is 0.153. The lowest BCUT2D eigenvalue weighted by Gasteiger charge is -2.21. The molecule has 19 heavy (non-hydrogen) atoms. The molecule has 1 heterocycles. The molecule has 5 heteroatoms. The predicted octanol–water partition coefficient (Wildman–Crippen LogP) is 2.51. The smallest absolute Gasteiger partial charge is 0.197 e. The van der Waals surface area contributed by atoms with E-state index in [0.29, 0.717) is 0 Å². The van der Waals surface area contributed by atoms with Crippen molar-refractivity contribution in [3.05, 3.63) is 23.9 Å². The fourth-order valence-corrected chi connectivity index (χ4v) is 3.45. The molecule has 1 aromatic heterocycles. The van der Waals surface area contributed by atoms with E-state index in [1.54, 1.807) is 12.1 Å². The van der Waals surface area contributed by atoms with E-state index in [2.05, 4.69) is 4.98 Å². The van der Waals surface area contributed by atoms with Crippen LogP contribution in [0.5, 0.6) is 0 Å². The van der Waals surface area contributed by atoms with Crippen LogP contribution in [-0.4, -0.2) is 31.9 Å². The summed E-state index contributed by atoms with van der Waals surface area (Å²) in [7, 11) is -3.32. The highest BCUT2D eigenvalue weighted by Crippen LogP contribution is 2.20. The third kappa shape index (κ3) is 4.28. The van der Waals surface area contributed by atoms with Gasteiger partial charge in [-0.3, -0.25) is 0 Å². The normalized spacial score (nSPS) is 17.5. The Kier molecular flexibility index (Phi) is 4.93. The Labute approximate surface area is 115 Å². The Morgan fingerprint density at radius 1 is 1.32 bits per heavy atom. The molecule has 1 aromatic rings. The van der Waals surface area contributed by atoms with Crippen molar-refractivity contribution in [3.63, 3.8) is 0 Å². The summed E-state index contributed by atoms with van der Waals surface area (Å²) in [6.07, 6.45) is 7.55. The second-order valence-electron chi connectivity index (χ2n) is 5.12. The topological polar surface area (TPSA) is 56.3 Å². The van der Waals surface area contributed by atoms with Gasteiger partial charge in [0.15, 0.2) is 14.9 Å². The van der Waals surface area contributed by atoms with E-state index in [9.17, 15) is 8.42 Å². The average Bonchev–Trinajstić information content (AvgIpc) is 2.40. The molecule has 2 rings (SSSR count). The molecule has 0 spiro atoms. The minimum atomic E-state index is -3.32. The van der Waals surface area contributed by atoms with Gasteiger partial charge in [-0.15, -0.1) is 0 Å². The van der Waals surface area contributed by atoms with Gasteiger partial charge in [0.05, 0.1) is 18.5 Å². The fourth-order valence-electron chi connectivity index (χ4n) is 2.34. The number of rotatable bonds is 5. The summed E-state index contributed by atoms with van der Waals surface area (Å²) in [6.45, 7) is 2.13. The lowest BCUT2D eigenvalue weighted by molar-refractivity contribution is 0.0379. The first-order valence-electron chi connectivity index (χ1n) is 6.85. The van der Waals surface area contributed by atoms with Crippen molar-refractivity contribution >= 4 is 9.84 Å². The van der Waals surface area contributed by atoms with Crippen LogP contribution in [0.2, 0.25) is 0 Å². The van der Waals surface area contributed by atoms with Crippen molar-refractivity contribution in [3.8, 4) is 0 Å². The van der Waals surface area contributed by atoms with Crippen LogP contribution < -0.4 is 0 Å². The van der Waals surface area contributed by atoms with Gasteiger partial charge in [-0.2, -0.15) is 0 Å². The number of ether oxygens (including phenoxy) is 1. The SMILES string of the molecule is Cc1ccnc(S(=O)(=O)CCOC2CCCCC2)c1. The van der Waals surface area contributed by atoms with Crippen LogP contribution >= 0.6 is 0 Å². The quantitative estimate of drug-likeness (QED) is 0.833. The predicted molar refractivity (Wildman–Crippen MR) is 73.9 cm³/mol. The number of sulfone groups is 1. The number of aryl methyl sites for hydroxylation is 1. The molecular weight excluding hydrogens is 262 g/mol. The van der Waals surface area contributed by atoms with Crippen LogP contribution in [0.15, 0.2) is 23.4 Å². The van der Waals surface area contributed by atoms with E-state index in [4.69, 9.17) is 4.74 Å². The minimum absolute atomic E-state index is 0.0138. The van der Waals surface area contributed by atoms with Gasteiger partial charge in [-0.1, -0.05) is 19.3 Å². The van der Waals surface area contributed by atoms with Crippen LogP contribution in [0.3, 0.4) is 0 Å². The summed E-state index contributed by atoms with van der Waals surface area (Å²) < 4.78 is 29.8. The summed E-state index contributed by atoms with van der Waals surface area (Å²) in [6, 6.07) is 3.40. The van der Waals surface area contributed by atoms with Crippen molar-refractivity contribution in [1.29, 1.82) is 0 Å². The van der Waals surface area contributed by atoms with E-state index < -0.39 is 9.84 Å². The van der Waals surface area contributed by atoms with Gasteiger partial charge >= 0.3 is 0 Å². The molecular formula is C14H21NO3S. The average molecular weight is 283 g/mol. The Bertz CT molecular complexity index is 507. The molecule has 1 aliphatic carbocycles. The summed E-state index contributed by atoms with van der Waals surface area (Å²) in [5.74, 6) is 0.0138. The van der Waals surface area contributed by atoms with Crippen LogP contribution in [0, 0.1) is 6.92 Å². The van der Waals surface area contributed by atoms with Gasteiger partial charge < -0.3 is 4.74 Å². The highest BCUT2D eigenvalue weighted by Gasteiger charge is 2.18. The summed E-state index contributed by atoms with van der Waals surface area (Å²) in [4.78, 5) is 3.93. The van der Waals surface area contributed by atoms with E-state index in [1.807, 2.05) is 6.92 Å². The molecule has 0 aliphatic heterocycles. The molecule has 0 atom stereocenters. The Hall–Kier alpha value is -0.940. The first-order valence-corrected chi connectivity index (χ1v) is 8.50. The van der Waals surface area contributed by atoms with Crippen LogP contribution in [0.25, 0.3) is 0 Å². The zero-order valence-electron chi connectivity index (χ0n) is 11.3. The first kappa shape index (κ1) is 14.5. The molecule has 1 saturated carbocycles. The van der Waals surface area contributed by atoms with Crippen LogP contribution in [0.4, 0.5) is 0 Å². The molecule has 0 N–H and O–H groups in total. The lowest BCUT2D eigenvalue weighted by Crippen LogP contribution is -2.21. The van der Waals surface area contributed by atoms with Gasteiger partial charge in [0.25, 0.3) is 0 Å². The molecule has 0 unspecified atom stereocenters. The molecule has 0 amide bonds. The third-order valence-electron chi connectivity index (χ3n) is 3.47. The highest BCUT2D eigenvalue weighted by molar-refractivity contribution is 7.91. The lowest BCUT2D eigenvalue weighted by atomic mass is 9.98. The van der Waals surface area contributed by atoms with Crippen LogP contribution in [-0.2, 0) is 14.6 Å². The van der Waals surface area contributed by atoms with Gasteiger partial charge in [0.1, 0.15) is 0 Å². The fraction of sp³-hybridized carbons (Fsp3) is 0.643. The summed E-state index contributed by atoms with van der Waals surface area (Å²) in [5.41, 5.74) is 0.904. The maximum atomic E-state index is 12.1. The maximum absolute atomic E-state index is 12.1. The maximum Gasteiger partial charge on any atom is 0.197 e. The number of pyridine rings is 1. The number of hydrogen-bond acceptors (Lipinski definition) is 4. The highest BCUT2D eigenvalue weighted by atomic mass is 32.2. The minimum Gasteiger partial charge on any atom is -0.377 e. The van der Waals surface area contributed by atoms with Gasteiger partial charge in [0.2, 0.25) is 0 Å². The third-order valence-corrected chi connectivity index (χ3v) is 5.03. The second kappa shape index (κ2) is 6.48. The number of hydrogen-bond donors (Lipinski definition) is 0. The monoisotopic (exact) mass is 283 g/mol. The molecule has 0 radical (unpaired) electrons. The Morgan fingerprint density at radius 2 is 2.05 bits per heavy atom. The Morgan fingerprint density at radius 3 is 2.74 bits per heavy atom.